The van der Waals surface area contributed by atoms with Crippen molar-refractivity contribution in [1.82, 2.24) is 4.90 Å². The van der Waals surface area contributed by atoms with Gasteiger partial charge in [-0.2, -0.15) is 11.8 Å². The van der Waals surface area contributed by atoms with Gasteiger partial charge in [-0.1, -0.05) is 39.5 Å². The van der Waals surface area contributed by atoms with Crippen LogP contribution in [0.5, 0.6) is 0 Å². The molecular formula is C16H31NO2S. The molecule has 0 spiro atoms. The number of thioether (sulfide) groups is 1. The largest absolute Gasteiger partial charge is 0.464 e. The summed E-state index contributed by atoms with van der Waals surface area (Å²) in [7, 11) is 0. The molecule has 1 fully saturated rings. The molecule has 0 N–H and O–H groups in total. The number of esters is 1. The van der Waals surface area contributed by atoms with Crippen LogP contribution in [0.4, 0.5) is 0 Å². The van der Waals surface area contributed by atoms with E-state index in [-0.39, 0.29) is 12.0 Å². The Morgan fingerprint density at radius 3 is 2.80 bits per heavy atom. The zero-order valence-corrected chi connectivity index (χ0v) is 14.1. The molecule has 0 aliphatic carbocycles. The number of likely N-dealkylation sites (tertiary alicyclic amines) is 1. The van der Waals surface area contributed by atoms with E-state index >= 15 is 0 Å². The van der Waals surface area contributed by atoms with E-state index in [2.05, 4.69) is 18.7 Å². The van der Waals surface area contributed by atoms with Gasteiger partial charge in [-0.3, -0.25) is 9.69 Å². The fraction of sp³-hybridized carbons (Fsp3) is 0.938. The third-order valence-electron chi connectivity index (χ3n) is 3.86. The van der Waals surface area contributed by atoms with E-state index in [1.54, 1.807) is 0 Å². The van der Waals surface area contributed by atoms with Crippen LogP contribution in [0, 0.1) is 0 Å². The second-order valence-electron chi connectivity index (χ2n) is 5.47. The number of carbonyl (C=O) groups excluding carboxylic acids is 1. The Kier molecular flexibility index (Phi) is 10.2. The summed E-state index contributed by atoms with van der Waals surface area (Å²) >= 11 is 1.82. The SMILES string of the molecule is CCCCCCCN1CCCC1C(=O)OCCSCC. The number of ether oxygens (including phenoxy) is 1. The number of rotatable bonds is 11. The summed E-state index contributed by atoms with van der Waals surface area (Å²) in [5.74, 6) is 2.02. The number of hydrogen-bond acceptors (Lipinski definition) is 4. The lowest BCUT2D eigenvalue weighted by atomic mass is 10.1. The highest BCUT2D eigenvalue weighted by molar-refractivity contribution is 7.99. The third kappa shape index (κ3) is 6.98. The molecule has 1 aliphatic heterocycles. The fourth-order valence-corrected chi connectivity index (χ4v) is 3.21. The van der Waals surface area contributed by atoms with E-state index in [1.807, 2.05) is 11.8 Å². The van der Waals surface area contributed by atoms with Gasteiger partial charge in [0.2, 0.25) is 0 Å². The highest BCUT2D eigenvalue weighted by Crippen LogP contribution is 2.19. The lowest BCUT2D eigenvalue weighted by Gasteiger charge is -2.22. The Balaban J connectivity index is 2.17. The molecule has 118 valence electrons. The Morgan fingerprint density at radius 1 is 1.25 bits per heavy atom. The van der Waals surface area contributed by atoms with E-state index in [4.69, 9.17) is 4.74 Å². The first-order valence-electron chi connectivity index (χ1n) is 8.28. The van der Waals surface area contributed by atoms with Gasteiger partial charge < -0.3 is 4.74 Å². The molecule has 20 heavy (non-hydrogen) atoms. The van der Waals surface area contributed by atoms with Gasteiger partial charge in [0, 0.05) is 5.75 Å². The first-order chi connectivity index (χ1) is 9.79. The van der Waals surface area contributed by atoms with Gasteiger partial charge in [-0.05, 0) is 38.1 Å². The minimum absolute atomic E-state index is 0.00719. The highest BCUT2D eigenvalue weighted by atomic mass is 32.2. The average Bonchev–Trinajstić information content (AvgIpc) is 2.92. The van der Waals surface area contributed by atoms with E-state index < -0.39 is 0 Å². The maximum Gasteiger partial charge on any atom is 0.323 e. The fourth-order valence-electron chi connectivity index (χ4n) is 2.72. The van der Waals surface area contributed by atoms with Crippen LogP contribution in [0.15, 0.2) is 0 Å². The van der Waals surface area contributed by atoms with Crippen molar-refractivity contribution < 1.29 is 9.53 Å². The predicted octanol–water partition coefficient (Wildman–Crippen LogP) is 3.72. The first kappa shape index (κ1) is 17.8. The van der Waals surface area contributed by atoms with Gasteiger partial charge in [-0.15, -0.1) is 0 Å². The topological polar surface area (TPSA) is 29.5 Å². The molecule has 1 atom stereocenters. The van der Waals surface area contributed by atoms with Gasteiger partial charge >= 0.3 is 5.97 Å². The molecule has 3 nitrogen and oxygen atoms in total. The Hall–Kier alpha value is -0.220. The molecular weight excluding hydrogens is 270 g/mol. The van der Waals surface area contributed by atoms with E-state index in [0.29, 0.717) is 6.61 Å². The van der Waals surface area contributed by atoms with Crippen LogP contribution >= 0.6 is 11.8 Å². The van der Waals surface area contributed by atoms with Crippen molar-refractivity contribution in [2.24, 2.45) is 0 Å². The normalized spacial score (nSPS) is 19.4. The average molecular weight is 301 g/mol. The van der Waals surface area contributed by atoms with Gasteiger partial charge in [0.15, 0.2) is 0 Å². The van der Waals surface area contributed by atoms with Crippen molar-refractivity contribution >= 4 is 17.7 Å². The van der Waals surface area contributed by atoms with E-state index in [1.165, 1.54) is 32.1 Å². The smallest absolute Gasteiger partial charge is 0.323 e. The van der Waals surface area contributed by atoms with Gasteiger partial charge in [0.05, 0.1) is 0 Å². The monoisotopic (exact) mass is 301 g/mol. The lowest BCUT2D eigenvalue weighted by molar-refractivity contribution is -0.148. The molecule has 1 saturated heterocycles. The van der Waals surface area contributed by atoms with E-state index in [0.717, 1.165) is 37.4 Å². The number of carbonyl (C=O) groups is 1. The Morgan fingerprint density at radius 2 is 2.05 bits per heavy atom. The molecule has 0 aromatic rings. The van der Waals surface area contributed by atoms with Crippen LogP contribution in [0.2, 0.25) is 0 Å². The van der Waals surface area contributed by atoms with Gasteiger partial charge in [0.25, 0.3) is 0 Å². The first-order valence-corrected chi connectivity index (χ1v) is 9.43. The summed E-state index contributed by atoms with van der Waals surface area (Å²) in [4.78, 5) is 14.4. The lowest BCUT2D eigenvalue weighted by Crippen LogP contribution is -2.38. The molecule has 0 bridgehead atoms. The predicted molar refractivity (Wildman–Crippen MR) is 87.3 cm³/mol. The Labute approximate surface area is 128 Å². The molecule has 1 rings (SSSR count). The van der Waals surface area contributed by atoms with Crippen molar-refractivity contribution in [3.05, 3.63) is 0 Å². The molecule has 0 saturated carbocycles. The van der Waals surface area contributed by atoms with Crippen molar-refractivity contribution in [3.63, 3.8) is 0 Å². The second kappa shape index (κ2) is 11.4. The molecule has 0 aromatic heterocycles. The number of unbranched alkanes of at least 4 members (excludes halogenated alkanes) is 4. The zero-order valence-electron chi connectivity index (χ0n) is 13.2. The molecule has 1 heterocycles. The molecule has 0 radical (unpaired) electrons. The molecule has 0 aromatic carbocycles. The summed E-state index contributed by atoms with van der Waals surface area (Å²) in [5, 5.41) is 0. The van der Waals surface area contributed by atoms with Gasteiger partial charge in [-0.25, -0.2) is 0 Å². The number of nitrogens with zero attached hydrogens (tertiary/aromatic N) is 1. The van der Waals surface area contributed by atoms with Crippen molar-refractivity contribution in [2.45, 2.75) is 64.8 Å². The van der Waals surface area contributed by atoms with Crippen LogP contribution in [-0.2, 0) is 9.53 Å². The van der Waals surface area contributed by atoms with Gasteiger partial charge in [0.1, 0.15) is 12.6 Å². The summed E-state index contributed by atoms with van der Waals surface area (Å²) in [6.45, 7) is 7.07. The summed E-state index contributed by atoms with van der Waals surface area (Å²) < 4.78 is 5.40. The minimum Gasteiger partial charge on any atom is -0.464 e. The maximum absolute atomic E-state index is 12.1. The van der Waals surface area contributed by atoms with Crippen LogP contribution < -0.4 is 0 Å². The molecule has 1 aliphatic rings. The summed E-state index contributed by atoms with van der Waals surface area (Å²) in [6, 6.07) is 0.0350. The maximum atomic E-state index is 12.1. The van der Waals surface area contributed by atoms with Crippen LogP contribution in [-0.4, -0.2) is 48.1 Å². The van der Waals surface area contributed by atoms with Crippen LogP contribution in [0.1, 0.15) is 58.8 Å². The zero-order chi connectivity index (χ0) is 14.6. The highest BCUT2D eigenvalue weighted by Gasteiger charge is 2.31. The van der Waals surface area contributed by atoms with Crippen LogP contribution in [0.25, 0.3) is 0 Å². The van der Waals surface area contributed by atoms with Crippen LogP contribution in [0.3, 0.4) is 0 Å². The molecule has 1 unspecified atom stereocenters. The summed E-state index contributed by atoms with van der Waals surface area (Å²) in [5.41, 5.74) is 0. The third-order valence-corrected chi connectivity index (χ3v) is 4.72. The summed E-state index contributed by atoms with van der Waals surface area (Å²) in [6.07, 6.45) is 8.57. The van der Waals surface area contributed by atoms with Crippen molar-refractivity contribution in [2.75, 3.05) is 31.2 Å². The second-order valence-corrected chi connectivity index (χ2v) is 6.87. The minimum atomic E-state index is 0.00719. The Bertz CT molecular complexity index is 261. The number of hydrogen-bond donors (Lipinski definition) is 0. The van der Waals surface area contributed by atoms with Crippen molar-refractivity contribution in [1.29, 1.82) is 0 Å². The van der Waals surface area contributed by atoms with Crippen molar-refractivity contribution in [3.8, 4) is 0 Å². The van der Waals surface area contributed by atoms with E-state index in [9.17, 15) is 4.79 Å². The standard InChI is InChI=1S/C16H31NO2S/c1-3-5-6-7-8-11-17-12-9-10-15(17)16(18)19-13-14-20-4-2/h15H,3-14H2,1-2H3. The molecule has 4 heteroatoms. The molecule has 0 amide bonds. The quantitative estimate of drug-likeness (QED) is 0.430.